The van der Waals surface area contributed by atoms with Crippen LogP contribution < -0.4 is 15.5 Å². The maximum Gasteiger partial charge on any atom is 0.244 e. The summed E-state index contributed by atoms with van der Waals surface area (Å²) in [7, 11) is 1.62. The van der Waals surface area contributed by atoms with Crippen molar-refractivity contribution in [3.63, 3.8) is 0 Å². The number of nitrogens with zero attached hydrogens (tertiary/aromatic N) is 3. The van der Waals surface area contributed by atoms with Crippen molar-refractivity contribution in [2.75, 3.05) is 43.6 Å². The first-order valence-electron chi connectivity index (χ1n) is 6.38. The van der Waals surface area contributed by atoms with Crippen molar-refractivity contribution in [3.05, 3.63) is 12.4 Å². The molecule has 7 nitrogen and oxygen atoms in total. The molecule has 0 radical (unpaired) electrons. The molecule has 0 bridgehead atoms. The van der Waals surface area contributed by atoms with Gasteiger partial charge in [0.2, 0.25) is 5.91 Å². The van der Waals surface area contributed by atoms with Crippen molar-refractivity contribution in [2.45, 2.75) is 13.0 Å². The van der Waals surface area contributed by atoms with Crippen LogP contribution in [0.1, 0.15) is 6.92 Å². The van der Waals surface area contributed by atoms with E-state index in [9.17, 15) is 4.79 Å². The highest BCUT2D eigenvalue weighted by atomic mass is 16.5. The average molecular weight is 265 g/mol. The molecule has 2 rings (SSSR count). The molecule has 1 aromatic rings. The van der Waals surface area contributed by atoms with Gasteiger partial charge in [-0.3, -0.25) is 9.78 Å². The maximum absolute atomic E-state index is 11.9. The summed E-state index contributed by atoms with van der Waals surface area (Å²) < 4.78 is 5.37. The highest BCUT2D eigenvalue weighted by Gasteiger charge is 2.30. The van der Waals surface area contributed by atoms with Gasteiger partial charge in [-0.1, -0.05) is 0 Å². The normalized spacial score (nSPS) is 19.1. The SMILES string of the molecule is CCNc1cncc(N2CCOCC2C(=O)NC)n1. The second-order valence-corrected chi connectivity index (χ2v) is 4.19. The Bertz CT molecular complexity index is 440. The summed E-state index contributed by atoms with van der Waals surface area (Å²) in [6, 6.07) is -0.357. The fraction of sp³-hybridized carbons (Fsp3) is 0.583. The van der Waals surface area contributed by atoms with Gasteiger partial charge in [-0.25, -0.2) is 4.98 Å². The first-order chi connectivity index (χ1) is 9.26. The van der Waals surface area contributed by atoms with Crippen LogP contribution in [0.3, 0.4) is 0 Å². The summed E-state index contributed by atoms with van der Waals surface area (Å²) in [5.74, 6) is 1.33. The number of nitrogens with one attached hydrogen (secondary N) is 2. The minimum absolute atomic E-state index is 0.0737. The van der Waals surface area contributed by atoms with E-state index < -0.39 is 0 Å². The van der Waals surface area contributed by atoms with E-state index >= 15 is 0 Å². The van der Waals surface area contributed by atoms with Crippen LogP contribution in [0.5, 0.6) is 0 Å². The van der Waals surface area contributed by atoms with Crippen molar-refractivity contribution >= 4 is 17.5 Å². The molecule has 1 aliphatic rings. The molecule has 1 aromatic heterocycles. The van der Waals surface area contributed by atoms with Crippen molar-refractivity contribution in [1.29, 1.82) is 0 Å². The Morgan fingerprint density at radius 3 is 3.16 bits per heavy atom. The predicted octanol–water partition coefficient (Wildman–Crippen LogP) is -0.140. The number of amides is 1. The first-order valence-corrected chi connectivity index (χ1v) is 6.38. The predicted molar refractivity (Wildman–Crippen MR) is 72.2 cm³/mol. The second-order valence-electron chi connectivity index (χ2n) is 4.19. The molecule has 2 N–H and O–H groups in total. The minimum atomic E-state index is -0.357. The zero-order valence-electron chi connectivity index (χ0n) is 11.2. The van der Waals surface area contributed by atoms with Crippen LogP contribution in [0.4, 0.5) is 11.6 Å². The smallest absolute Gasteiger partial charge is 0.244 e. The lowest BCUT2D eigenvalue weighted by Gasteiger charge is -2.35. The van der Waals surface area contributed by atoms with Crippen LogP contribution in [0.2, 0.25) is 0 Å². The molecule has 7 heteroatoms. The van der Waals surface area contributed by atoms with Gasteiger partial charge in [0.1, 0.15) is 17.7 Å². The summed E-state index contributed by atoms with van der Waals surface area (Å²) in [6.45, 7) is 4.35. The van der Waals surface area contributed by atoms with Crippen LogP contribution in [0, 0.1) is 0 Å². The molecule has 1 unspecified atom stereocenters. The molecular weight excluding hydrogens is 246 g/mol. The number of likely N-dealkylation sites (N-methyl/N-ethyl adjacent to an activating group) is 1. The number of hydrogen-bond acceptors (Lipinski definition) is 6. The molecule has 0 aliphatic carbocycles. The summed E-state index contributed by atoms with van der Waals surface area (Å²) in [5.41, 5.74) is 0. The summed E-state index contributed by atoms with van der Waals surface area (Å²) in [5, 5.41) is 5.76. The monoisotopic (exact) mass is 265 g/mol. The third-order valence-corrected chi connectivity index (χ3v) is 2.95. The van der Waals surface area contributed by atoms with E-state index in [0.29, 0.717) is 31.4 Å². The lowest BCUT2D eigenvalue weighted by atomic mass is 10.2. The summed E-state index contributed by atoms with van der Waals surface area (Å²) in [6.07, 6.45) is 3.34. The van der Waals surface area contributed by atoms with Crippen LogP contribution >= 0.6 is 0 Å². The number of carbonyl (C=O) groups is 1. The van der Waals surface area contributed by atoms with Gasteiger partial charge < -0.3 is 20.3 Å². The van der Waals surface area contributed by atoms with Crippen LogP contribution in [0.15, 0.2) is 12.4 Å². The fourth-order valence-corrected chi connectivity index (χ4v) is 2.02. The highest BCUT2D eigenvalue weighted by Crippen LogP contribution is 2.18. The van der Waals surface area contributed by atoms with E-state index in [0.717, 1.165) is 6.54 Å². The van der Waals surface area contributed by atoms with Gasteiger partial charge in [0.15, 0.2) is 0 Å². The Morgan fingerprint density at radius 2 is 2.42 bits per heavy atom. The molecule has 1 amide bonds. The van der Waals surface area contributed by atoms with Gasteiger partial charge in [0, 0.05) is 20.1 Å². The van der Waals surface area contributed by atoms with E-state index in [1.807, 2.05) is 11.8 Å². The Labute approximate surface area is 112 Å². The van der Waals surface area contributed by atoms with Crippen molar-refractivity contribution in [1.82, 2.24) is 15.3 Å². The minimum Gasteiger partial charge on any atom is -0.377 e. The number of anilines is 2. The van der Waals surface area contributed by atoms with Gasteiger partial charge in [-0.2, -0.15) is 0 Å². The number of hydrogen-bond donors (Lipinski definition) is 2. The van der Waals surface area contributed by atoms with E-state index in [-0.39, 0.29) is 11.9 Å². The number of rotatable bonds is 4. The van der Waals surface area contributed by atoms with E-state index in [4.69, 9.17) is 4.74 Å². The third-order valence-electron chi connectivity index (χ3n) is 2.95. The molecule has 0 spiro atoms. The number of carbonyl (C=O) groups excluding carboxylic acids is 1. The van der Waals surface area contributed by atoms with Gasteiger partial charge in [-0.15, -0.1) is 0 Å². The van der Waals surface area contributed by atoms with Crippen molar-refractivity contribution in [3.8, 4) is 0 Å². The van der Waals surface area contributed by atoms with Crippen molar-refractivity contribution < 1.29 is 9.53 Å². The molecule has 1 aliphatic heterocycles. The molecule has 1 atom stereocenters. The zero-order valence-corrected chi connectivity index (χ0v) is 11.2. The molecule has 0 saturated carbocycles. The summed E-state index contributed by atoms with van der Waals surface area (Å²) in [4.78, 5) is 22.4. The van der Waals surface area contributed by atoms with Crippen molar-refractivity contribution in [2.24, 2.45) is 0 Å². The number of ether oxygens (including phenoxy) is 1. The van der Waals surface area contributed by atoms with Crippen LogP contribution in [0.25, 0.3) is 0 Å². The lowest BCUT2D eigenvalue weighted by Crippen LogP contribution is -2.53. The average Bonchev–Trinajstić information content (AvgIpc) is 2.47. The Morgan fingerprint density at radius 1 is 1.58 bits per heavy atom. The summed E-state index contributed by atoms with van der Waals surface area (Å²) >= 11 is 0. The van der Waals surface area contributed by atoms with Gasteiger partial charge in [-0.05, 0) is 6.92 Å². The highest BCUT2D eigenvalue weighted by molar-refractivity contribution is 5.85. The Balaban J connectivity index is 2.21. The fourth-order valence-electron chi connectivity index (χ4n) is 2.02. The van der Waals surface area contributed by atoms with Crippen LogP contribution in [-0.4, -0.2) is 55.3 Å². The molecule has 19 heavy (non-hydrogen) atoms. The van der Waals surface area contributed by atoms with Gasteiger partial charge in [0.05, 0.1) is 25.6 Å². The zero-order chi connectivity index (χ0) is 13.7. The second kappa shape index (κ2) is 6.33. The quantitative estimate of drug-likeness (QED) is 0.789. The maximum atomic E-state index is 11.9. The molecule has 2 heterocycles. The van der Waals surface area contributed by atoms with E-state index in [2.05, 4.69) is 20.6 Å². The molecule has 0 aromatic carbocycles. The van der Waals surface area contributed by atoms with E-state index in [1.165, 1.54) is 0 Å². The standard InChI is InChI=1S/C12H19N5O2/c1-3-15-10-6-14-7-11(16-10)17-4-5-19-8-9(17)12(18)13-2/h6-7,9H,3-5,8H2,1-2H3,(H,13,18)(H,15,16). The topological polar surface area (TPSA) is 79.4 Å². The molecule has 1 saturated heterocycles. The van der Waals surface area contributed by atoms with Crippen LogP contribution in [-0.2, 0) is 9.53 Å². The number of morpholine rings is 1. The van der Waals surface area contributed by atoms with Gasteiger partial charge in [0.25, 0.3) is 0 Å². The lowest BCUT2D eigenvalue weighted by molar-refractivity contribution is -0.124. The largest absolute Gasteiger partial charge is 0.377 e. The molecule has 104 valence electrons. The molecular formula is C12H19N5O2. The third kappa shape index (κ3) is 3.11. The number of aromatic nitrogens is 2. The van der Waals surface area contributed by atoms with Gasteiger partial charge >= 0.3 is 0 Å². The first kappa shape index (κ1) is 13.5. The van der Waals surface area contributed by atoms with E-state index in [1.54, 1.807) is 19.4 Å². The Hall–Kier alpha value is -1.89. The Kier molecular flexibility index (Phi) is 4.51. The molecule has 1 fully saturated rings.